The standard InChI is InChI=1S/C15H26N2S/c1-13(2)17(12-15-8-5-11-18-15)10-9-16-14-6-3-4-7-14/h5,8,11,13-14,16H,3-4,6-7,9-10,12H2,1-2H3. The highest BCUT2D eigenvalue weighted by Crippen LogP contribution is 2.17. The largest absolute Gasteiger partial charge is 0.313 e. The molecule has 0 aliphatic heterocycles. The number of nitrogens with one attached hydrogen (secondary N) is 1. The Morgan fingerprint density at radius 1 is 1.39 bits per heavy atom. The molecule has 1 aromatic heterocycles. The summed E-state index contributed by atoms with van der Waals surface area (Å²) in [5.74, 6) is 0. The lowest BCUT2D eigenvalue weighted by molar-refractivity contribution is 0.212. The molecule has 102 valence electrons. The minimum absolute atomic E-state index is 0.623. The van der Waals surface area contributed by atoms with Gasteiger partial charge in [-0.05, 0) is 38.1 Å². The highest BCUT2D eigenvalue weighted by atomic mass is 32.1. The first kappa shape index (κ1) is 14.0. The van der Waals surface area contributed by atoms with Crippen molar-refractivity contribution in [3.63, 3.8) is 0 Å². The molecule has 1 aliphatic rings. The smallest absolute Gasteiger partial charge is 0.0331 e. The van der Waals surface area contributed by atoms with E-state index in [4.69, 9.17) is 0 Å². The van der Waals surface area contributed by atoms with Crippen LogP contribution < -0.4 is 5.32 Å². The van der Waals surface area contributed by atoms with Crippen LogP contribution in [0, 0.1) is 0 Å². The lowest BCUT2D eigenvalue weighted by Gasteiger charge is -2.26. The average molecular weight is 266 g/mol. The van der Waals surface area contributed by atoms with Crippen molar-refractivity contribution in [2.45, 2.75) is 58.2 Å². The summed E-state index contributed by atoms with van der Waals surface area (Å²) in [5.41, 5.74) is 0. The van der Waals surface area contributed by atoms with E-state index in [1.165, 1.54) is 30.6 Å². The third-order valence-corrected chi connectivity index (χ3v) is 4.72. The van der Waals surface area contributed by atoms with Crippen molar-refractivity contribution >= 4 is 11.3 Å². The van der Waals surface area contributed by atoms with Crippen LogP contribution in [0.2, 0.25) is 0 Å². The summed E-state index contributed by atoms with van der Waals surface area (Å²) >= 11 is 1.87. The molecule has 18 heavy (non-hydrogen) atoms. The van der Waals surface area contributed by atoms with Gasteiger partial charge in [0.15, 0.2) is 0 Å². The third kappa shape index (κ3) is 4.38. The molecule has 0 amide bonds. The fraction of sp³-hybridized carbons (Fsp3) is 0.733. The molecule has 0 spiro atoms. The number of hydrogen-bond donors (Lipinski definition) is 1. The minimum Gasteiger partial charge on any atom is -0.313 e. The van der Waals surface area contributed by atoms with E-state index >= 15 is 0 Å². The number of hydrogen-bond acceptors (Lipinski definition) is 3. The molecule has 0 saturated heterocycles. The molecule has 0 unspecified atom stereocenters. The molecule has 1 aliphatic carbocycles. The lowest BCUT2D eigenvalue weighted by atomic mass is 10.2. The molecule has 1 heterocycles. The predicted molar refractivity (Wildman–Crippen MR) is 80.1 cm³/mol. The average Bonchev–Trinajstić information content (AvgIpc) is 2.99. The summed E-state index contributed by atoms with van der Waals surface area (Å²) < 4.78 is 0. The molecular formula is C15H26N2S. The monoisotopic (exact) mass is 266 g/mol. The van der Waals surface area contributed by atoms with E-state index in [9.17, 15) is 0 Å². The van der Waals surface area contributed by atoms with E-state index < -0.39 is 0 Å². The van der Waals surface area contributed by atoms with Crippen LogP contribution >= 0.6 is 11.3 Å². The van der Waals surface area contributed by atoms with Crippen molar-refractivity contribution < 1.29 is 0 Å². The van der Waals surface area contributed by atoms with Crippen molar-refractivity contribution in [1.29, 1.82) is 0 Å². The molecule has 0 bridgehead atoms. The summed E-state index contributed by atoms with van der Waals surface area (Å²) in [5, 5.41) is 5.88. The third-order valence-electron chi connectivity index (χ3n) is 3.86. The fourth-order valence-electron chi connectivity index (χ4n) is 2.66. The SMILES string of the molecule is CC(C)N(CCNC1CCCC1)Cc1cccs1. The number of thiophene rings is 1. The van der Waals surface area contributed by atoms with Crippen molar-refractivity contribution in [2.24, 2.45) is 0 Å². The summed E-state index contributed by atoms with van der Waals surface area (Å²) in [4.78, 5) is 4.04. The molecular weight excluding hydrogens is 240 g/mol. The number of nitrogens with zero attached hydrogens (tertiary/aromatic N) is 1. The summed E-state index contributed by atoms with van der Waals surface area (Å²) in [6.45, 7) is 7.98. The molecule has 2 nitrogen and oxygen atoms in total. The van der Waals surface area contributed by atoms with Gasteiger partial charge in [-0.3, -0.25) is 4.90 Å². The Labute approximate surface area is 115 Å². The lowest BCUT2D eigenvalue weighted by Crippen LogP contribution is -2.38. The van der Waals surface area contributed by atoms with Crippen molar-refractivity contribution in [3.05, 3.63) is 22.4 Å². The first-order valence-corrected chi connectivity index (χ1v) is 8.13. The van der Waals surface area contributed by atoms with Crippen molar-refractivity contribution in [1.82, 2.24) is 10.2 Å². The number of rotatable bonds is 7. The van der Waals surface area contributed by atoms with Gasteiger partial charge >= 0.3 is 0 Å². The van der Waals surface area contributed by atoms with Crippen LogP contribution in [-0.4, -0.2) is 30.1 Å². The summed E-state index contributed by atoms with van der Waals surface area (Å²) in [6.07, 6.45) is 5.60. The van der Waals surface area contributed by atoms with Gasteiger partial charge in [0.05, 0.1) is 0 Å². The van der Waals surface area contributed by atoms with Crippen LogP contribution in [0.1, 0.15) is 44.4 Å². The molecule has 0 radical (unpaired) electrons. The highest BCUT2D eigenvalue weighted by Gasteiger charge is 2.15. The van der Waals surface area contributed by atoms with Gasteiger partial charge in [0.25, 0.3) is 0 Å². The zero-order chi connectivity index (χ0) is 12.8. The first-order valence-electron chi connectivity index (χ1n) is 7.25. The Balaban J connectivity index is 1.72. The van der Waals surface area contributed by atoms with Gasteiger partial charge in [0, 0.05) is 36.6 Å². The van der Waals surface area contributed by atoms with E-state index in [1.54, 1.807) is 0 Å². The van der Waals surface area contributed by atoms with Gasteiger partial charge in [-0.15, -0.1) is 11.3 Å². The van der Waals surface area contributed by atoms with E-state index in [0.29, 0.717) is 6.04 Å². The Morgan fingerprint density at radius 2 is 2.17 bits per heavy atom. The van der Waals surface area contributed by atoms with Crippen molar-refractivity contribution in [3.8, 4) is 0 Å². The Hall–Kier alpha value is -0.380. The Morgan fingerprint density at radius 3 is 2.78 bits per heavy atom. The van der Waals surface area contributed by atoms with Gasteiger partial charge in [-0.1, -0.05) is 18.9 Å². The van der Waals surface area contributed by atoms with E-state index in [1.807, 2.05) is 11.3 Å². The second-order valence-electron chi connectivity index (χ2n) is 5.58. The normalized spacial score (nSPS) is 17.1. The van der Waals surface area contributed by atoms with Gasteiger partial charge in [0.2, 0.25) is 0 Å². The molecule has 1 saturated carbocycles. The molecule has 2 rings (SSSR count). The van der Waals surface area contributed by atoms with Crippen LogP contribution in [0.4, 0.5) is 0 Å². The maximum atomic E-state index is 3.71. The molecule has 3 heteroatoms. The predicted octanol–water partition coefficient (Wildman–Crippen LogP) is 3.49. The molecule has 1 fully saturated rings. The van der Waals surface area contributed by atoms with Gasteiger partial charge in [-0.2, -0.15) is 0 Å². The topological polar surface area (TPSA) is 15.3 Å². The fourth-order valence-corrected chi connectivity index (χ4v) is 3.39. The second kappa shape index (κ2) is 7.27. The summed E-state index contributed by atoms with van der Waals surface area (Å²) in [7, 11) is 0. The first-order chi connectivity index (χ1) is 8.75. The maximum Gasteiger partial charge on any atom is 0.0331 e. The molecule has 0 atom stereocenters. The van der Waals surface area contributed by atoms with Crippen LogP contribution in [0.5, 0.6) is 0 Å². The summed E-state index contributed by atoms with van der Waals surface area (Å²) in [6, 6.07) is 5.80. The van der Waals surface area contributed by atoms with E-state index in [0.717, 1.165) is 25.7 Å². The maximum absolute atomic E-state index is 3.71. The Kier molecular flexibility index (Phi) is 5.67. The molecule has 1 N–H and O–H groups in total. The quantitative estimate of drug-likeness (QED) is 0.812. The minimum atomic E-state index is 0.623. The molecule has 1 aromatic rings. The van der Waals surface area contributed by atoms with Crippen LogP contribution in [0.15, 0.2) is 17.5 Å². The van der Waals surface area contributed by atoms with Crippen LogP contribution in [0.3, 0.4) is 0 Å². The van der Waals surface area contributed by atoms with Crippen molar-refractivity contribution in [2.75, 3.05) is 13.1 Å². The van der Waals surface area contributed by atoms with Gasteiger partial charge in [-0.25, -0.2) is 0 Å². The van der Waals surface area contributed by atoms with E-state index in [-0.39, 0.29) is 0 Å². The van der Waals surface area contributed by atoms with Crippen LogP contribution in [0.25, 0.3) is 0 Å². The second-order valence-corrected chi connectivity index (χ2v) is 6.61. The zero-order valence-electron chi connectivity index (χ0n) is 11.7. The molecule has 0 aromatic carbocycles. The zero-order valence-corrected chi connectivity index (χ0v) is 12.5. The van der Waals surface area contributed by atoms with Gasteiger partial charge in [0.1, 0.15) is 0 Å². The Bertz CT molecular complexity index is 315. The van der Waals surface area contributed by atoms with Gasteiger partial charge < -0.3 is 5.32 Å². The van der Waals surface area contributed by atoms with E-state index in [2.05, 4.69) is 41.6 Å². The van der Waals surface area contributed by atoms with Crippen LogP contribution in [-0.2, 0) is 6.54 Å². The highest BCUT2D eigenvalue weighted by molar-refractivity contribution is 7.09.